The molecule has 2 saturated heterocycles. The molecular formula is C18H21NO6. The third-order valence-electron chi connectivity index (χ3n) is 5.19. The molecule has 0 unspecified atom stereocenters. The Labute approximate surface area is 145 Å². The van der Waals surface area contributed by atoms with Gasteiger partial charge in [0.05, 0.1) is 18.1 Å². The summed E-state index contributed by atoms with van der Waals surface area (Å²) in [5.74, 6) is -0.460. The molecule has 3 aliphatic rings. The number of ether oxygens (including phenoxy) is 3. The Bertz CT molecular complexity index is 684. The number of amides is 1. The van der Waals surface area contributed by atoms with Crippen LogP contribution in [-0.2, 0) is 14.3 Å². The van der Waals surface area contributed by atoms with Crippen molar-refractivity contribution >= 4 is 11.9 Å². The normalized spacial score (nSPS) is 28.4. The second-order valence-electron chi connectivity index (χ2n) is 6.69. The molecule has 0 saturated carbocycles. The van der Waals surface area contributed by atoms with Gasteiger partial charge in [0.1, 0.15) is 0 Å². The zero-order chi connectivity index (χ0) is 17.4. The van der Waals surface area contributed by atoms with E-state index in [4.69, 9.17) is 14.2 Å². The number of rotatable bonds is 4. The van der Waals surface area contributed by atoms with Crippen molar-refractivity contribution in [2.75, 3.05) is 19.9 Å². The Morgan fingerprint density at radius 3 is 2.92 bits per heavy atom. The number of carbonyl (C=O) groups excluding carboxylic acids is 1. The van der Waals surface area contributed by atoms with Gasteiger partial charge in [-0.1, -0.05) is 12.1 Å². The fraction of sp³-hybridized carbons (Fsp3) is 0.556. The number of hydrogen-bond donors (Lipinski definition) is 1. The fourth-order valence-electron chi connectivity index (χ4n) is 4.00. The van der Waals surface area contributed by atoms with E-state index in [1.165, 1.54) is 0 Å². The number of carbonyl (C=O) groups is 2. The molecule has 7 nitrogen and oxygen atoms in total. The van der Waals surface area contributed by atoms with Gasteiger partial charge in [-0.25, -0.2) is 0 Å². The van der Waals surface area contributed by atoms with E-state index < -0.39 is 17.9 Å². The summed E-state index contributed by atoms with van der Waals surface area (Å²) in [6.07, 6.45) is 2.39. The Morgan fingerprint density at radius 2 is 2.16 bits per heavy atom. The highest BCUT2D eigenvalue weighted by Gasteiger charge is 2.43. The first-order valence-electron chi connectivity index (χ1n) is 8.67. The van der Waals surface area contributed by atoms with E-state index in [0.29, 0.717) is 36.6 Å². The summed E-state index contributed by atoms with van der Waals surface area (Å²) in [7, 11) is 0. The smallest absolute Gasteiger partial charge is 0.308 e. The monoisotopic (exact) mass is 347 g/mol. The van der Waals surface area contributed by atoms with E-state index in [1.54, 1.807) is 11.0 Å². The first-order chi connectivity index (χ1) is 12.1. The molecule has 25 heavy (non-hydrogen) atoms. The first kappa shape index (κ1) is 16.2. The highest BCUT2D eigenvalue weighted by Crippen LogP contribution is 2.46. The van der Waals surface area contributed by atoms with Gasteiger partial charge in [-0.2, -0.15) is 0 Å². The molecule has 4 rings (SSSR count). The van der Waals surface area contributed by atoms with Crippen LogP contribution < -0.4 is 9.47 Å². The number of fused-ring (bicyclic) bond motifs is 1. The minimum atomic E-state index is -0.897. The van der Waals surface area contributed by atoms with Crippen molar-refractivity contribution in [1.82, 2.24) is 4.90 Å². The zero-order valence-corrected chi connectivity index (χ0v) is 13.8. The van der Waals surface area contributed by atoms with Crippen LogP contribution in [-0.4, -0.2) is 47.9 Å². The standard InChI is InChI=1S/C18H21NO6/c20-15-7-6-13(18(21)22)16(19(15)9-11-3-2-8-23-11)12-4-1-5-14-17(12)25-10-24-14/h1,4-5,11,13,16H,2-3,6-10H2,(H,21,22)/t11-,13+,16+/m0/s1. The zero-order valence-electron chi connectivity index (χ0n) is 13.8. The number of benzene rings is 1. The fourth-order valence-corrected chi connectivity index (χ4v) is 4.00. The van der Waals surface area contributed by atoms with Crippen LogP contribution in [0.25, 0.3) is 0 Å². The number of aliphatic carboxylic acids is 1. The molecule has 2 fully saturated rings. The molecular weight excluding hydrogens is 326 g/mol. The molecule has 3 heterocycles. The topological polar surface area (TPSA) is 85.3 Å². The molecule has 1 aromatic carbocycles. The van der Waals surface area contributed by atoms with Crippen molar-refractivity contribution in [3.05, 3.63) is 23.8 Å². The van der Waals surface area contributed by atoms with Crippen LogP contribution in [0, 0.1) is 5.92 Å². The third-order valence-corrected chi connectivity index (χ3v) is 5.19. The molecule has 1 aromatic rings. The minimum absolute atomic E-state index is 0.0329. The average Bonchev–Trinajstić information content (AvgIpc) is 3.27. The first-order valence-corrected chi connectivity index (χ1v) is 8.67. The minimum Gasteiger partial charge on any atom is -0.481 e. The molecule has 3 aliphatic heterocycles. The summed E-state index contributed by atoms with van der Waals surface area (Å²) in [4.78, 5) is 26.2. The average molecular weight is 347 g/mol. The predicted octanol–water partition coefficient (Wildman–Crippen LogP) is 1.96. The number of nitrogens with zero attached hydrogens (tertiary/aromatic N) is 1. The van der Waals surface area contributed by atoms with E-state index in [0.717, 1.165) is 12.8 Å². The van der Waals surface area contributed by atoms with Gasteiger partial charge >= 0.3 is 5.97 Å². The van der Waals surface area contributed by atoms with Crippen molar-refractivity contribution < 1.29 is 28.9 Å². The molecule has 0 aromatic heterocycles. The van der Waals surface area contributed by atoms with Crippen LogP contribution in [0.3, 0.4) is 0 Å². The second-order valence-corrected chi connectivity index (χ2v) is 6.69. The Balaban J connectivity index is 1.73. The lowest BCUT2D eigenvalue weighted by molar-refractivity contribution is -0.153. The van der Waals surface area contributed by atoms with E-state index in [1.807, 2.05) is 12.1 Å². The molecule has 0 radical (unpaired) electrons. The highest BCUT2D eigenvalue weighted by molar-refractivity contribution is 5.82. The lowest BCUT2D eigenvalue weighted by Gasteiger charge is -2.41. The lowest BCUT2D eigenvalue weighted by atomic mass is 9.83. The summed E-state index contributed by atoms with van der Waals surface area (Å²) in [5, 5.41) is 9.74. The Kier molecular flexibility index (Phi) is 4.25. The highest BCUT2D eigenvalue weighted by atomic mass is 16.7. The molecule has 0 bridgehead atoms. The number of carboxylic acids is 1. The summed E-state index contributed by atoms with van der Waals surface area (Å²) in [5.41, 5.74) is 0.702. The van der Waals surface area contributed by atoms with Crippen LogP contribution in [0.4, 0.5) is 0 Å². The van der Waals surface area contributed by atoms with Gasteiger partial charge in [-0.15, -0.1) is 0 Å². The number of para-hydroxylation sites is 1. The van der Waals surface area contributed by atoms with Crippen LogP contribution in [0.2, 0.25) is 0 Å². The molecule has 7 heteroatoms. The van der Waals surface area contributed by atoms with Gasteiger partial charge in [0.2, 0.25) is 12.7 Å². The van der Waals surface area contributed by atoms with Crippen LogP contribution in [0.5, 0.6) is 11.5 Å². The lowest BCUT2D eigenvalue weighted by Crippen LogP contribution is -2.48. The van der Waals surface area contributed by atoms with Gasteiger partial charge < -0.3 is 24.2 Å². The van der Waals surface area contributed by atoms with Crippen molar-refractivity contribution in [2.24, 2.45) is 5.92 Å². The Hall–Kier alpha value is -2.28. The van der Waals surface area contributed by atoms with E-state index in [2.05, 4.69) is 0 Å². The maximum absolute atomic E-state index is 12.6. The van der Waals surface area contributed by atoms with Gasteiger partial charge in [0.15, 0.2) is 11.5 Å². The summed E-state index contributed by atoms with van der Waals surface area (Å²) >= 11 is 0. The van der Waals surface area contributed by atoms with Gasteiger partial charge in [-0.3, -0.25) is 9.59 Å². The maximum atomic E-state index is 12.6. The largest absolute Gasteiger partial charge is 0.481 e. The van der Waals surface area contributed by atoms with Crippen molar-refractivity contribution in [2.45, 2.75) is 37.8 Å². The van der Waals surface area contributed by atoms with Crippen LogP contribution in [0.1, 0.15) is 37.3 Å². The number of carboxylic acid groups (broad SMARTS) is 1. The molecule has 1 amide bonds. The SMILES string of the molecule is O=C(O)[C@@H]1CCC(=O)N(C[C@@H]2CCCO2)[C@@H]1c1cccc2c1OCO2. The Morgan fingerprint density at radius 1 is 1.28 bits per heavy atom. The van der Waals surface area contributed by atoms with E-state index in [-0.39, 0.29) is 25.2 Å². The van der Waals surface area contributed by atoms with Gasteiger partial charge in [0, 0.05) is 25.1 Å². The summed E-state index contributed by atoms with van der Waals surface area (Å²) in [6, 6.07) is 4.86. The van der Waals surface area contributed by atoms with Crippen LogP contribution >= 0.6 is 0 Å². The van der Waals surface area contributed by atoms with E-state index >= 15 is 0 Å². The van der Waals surface area contributed by atoms with Gasteiger partial charge in [-0.05, 0) is 25.3 Å². The molecule has 0 spiro atoms. The van der Waals surface area contributed by atoms with E-state index in [9.17, 15) is 14.7 Å². The van der Waals surface area contributed by atoms with Crippen molar-refractivity contribution in [3.63, 3.8) is 0 Å². The van der Waals surface area contributed by atoms with Crippen molar-refractivity contribution in [1.29, 1.82) is 0 Å². The quantitative estimate of drug-likeness (QED) is 0.896. The number of hydrogen-bond acceptors (Lipinski definition) is 5. The predicted molar refractivity (Wildman–Crippen MR) is 86.4 cm³/mol. The maximum Gasteiger partial charge on any atom is 0.308 e. The molecule has 0 aliphatic carbocycles. The summed E-state index contributed by atoms with van der Waals surface area (Å²) in [6.45, 7) is 1.21. The number of piperidine rings is 1. The summed E-state index contributed by atoms with van der Waals surface area (Å²) < 4.78 is 16.7. The van der Waals surface area contributed by atoms with Crippen LogP contribution in [0.15, 0.2) is 18.2 Å². The van der Waals surface area contributed by atoms with Crippen molar-refractivity contribution in [3.8, 4) is 11.5 Å². The molecule has 1 N–H and O–H groups in total. The molecule has 134 valence electrons. The third kappa shape index (κ3) is 2.93. The molecule has 3 atom stereocenters. The van der Waals surface area contributed by atoms with Gasteiger partial charge in [0.25, 0.3) is 0 Å². The second kappa shape index (κ2) is 6.55. The number of likely N-dealkylation sites (tertiary alicyclic amines) is 1.